The van der Waals surface area contributed by atoms with Gasteiger partial charge in [-0.2, -0.15) is 0 Å². The van der Waals surface area contributed by atoms with Crippen molar-refractivity contribution in [1.29, 1.82) is 0 Å². The van der Waals surface area contributed by atoms with Crippen LogP contribution in [0.4, 0.5) is 10.1 Å². The zero-order valence-electron chi connectivity index (χ0n) is 20.6. The maximum absolute atomic E-state index is 15.5. The second-order valence-corrected chi connectivity index (χ2v) is 9.12. The molecule has 0 radical (unpaired) electrons. The highest BCUT2D eigenvalue weighted by atomic mass is 19.1. The second-order valence-electron chi connectivity index (χ2n) is 9.12. The molecular weight excluding hydrogens is 459 g/mol. The lowest BCUT2D eigenvalue weighted by atomic mass is 9.99. The van der Waals surface area contributed by atoms with Crippen molar-refractivity contribution in [3.8, 4) is 28.0 Å². The van der Waals surface area contributed by atoms with E-state index < -0.39 is 5.82 Å². The standard InChI is InChI=1S/C28H29FN4O3/c1-33(2)28(34)22-11-17(13-24(29)26(22)30-15-19-7-6-10-36-19)18-12-21-23(16-32-27(21)31-14-18)20-8-4-5-9-25(20)35-3/h4-5,8-9,11-14,16,19,30H,6-7,10,15H2,1-3H3,(H,31,32). The SMILES string of the molecule is COc1ccccc1-c1c[nH]c2ncc(-c3cc(F)c(NCC4CCCO4)c(C(=O)N(C)C)c3)cc12. The molecule has 2 aromatic carbocycles. The average Bonchev–Trinajstić information content (AvgIpc) is 3.56. The molecule has 0 aliphatic carbocycles. The van der Waals surface area contributed by atoms with Crippen molar-refractivity contribution in [1.82, 2.24) is 14.9 Å². The lowest BCUT2D eigenvalue weighted by molar-refractivity contribution is 0.0827. The summed E-state index contributed by atoms with van der Waals surface area (Å²) in [4.78, 5) is 22.2. The van der Waals surface area contributed by atoms with Gasteiger partial charge in [0.2, 0.25) is 0 Å². The van der Waals surface area contributed by atoms with Gasteiger partial charge >= 0.3 is 0 Å². The van der Waals surface area contributed by atoms with Crippen molar-refractivity contribution in [2.75, 3.05) is 39.7 Å². The predicted molar refractivity (Wildman–Crippen MR) is 139 cm³/mol. The number of anilines is 1. The number of halogens is 1. The van der Waals surface area contributed by atoms with Crippen molar-refractivity contribution in [2.45, 2.75) is 18.9 Å². The molecule has 0 saturated carbocycles. The molecule has 1 aliphatic heterocycles. The fourth-order valence-corrected chi connectivity index (χ4v) is 4.64. The molecule has 5 rings (SSSR count). The summed E-state index contributed by atoms with van der Waals surface area (Å²) >= 11 is 0. The number of ether oxygens (including phenoxy) is 2. The molecule has 3 heterocycles. The van der Waals surface area contributed by atoms with Crippen molar-refractivity contribution in [2.24, 2.45) is 0 Å². The summed E-state index contributed by atoms with van der Waals surface area (Å²) < 4.78 is 26.7. The summed E-state index contributed by atoms with van der Waals surface area (Å²) in [5.41, 5.74) is 4.30. The molecule has 1 fully saturated rings. The number of fused-ring (bicyclic) bond motifs is 1. The van der Waals surface area contributed by atoms with E-state index in [4.69, 9.17) is 9.47 Å². The number of rotatable bonds is 7. The van der Waals surface area contributed by atoms with E-state index in [1.165, 1.54) is 11.0 Å². The number of aromatic nitrogens is 2. The van der Waals surface area contributed by atoms with E-state index in [0.717, 1.165) is 35.1 Å². The molecule has 2 N–H and O–H groups in total. The normalized spacial score (nSPS) is 15.3. The Balaban J connectivity index is 1.57. The lowest BCUT2D eigenvalue weighted by Crippen LogP contribution is -2.25. The Morgan fingerprint density at radius 2 is 2.06 bits per heavy atom. The van der Waals surface area contributed by atoms with E-state index in [1.54, 1.807) is 33.5 Å². The summed E-state index contributed by atoms with van der Waals surface area (Å²) in [5.74, 6) is -0.0267. The van der Waals surface area contributed by atoms with Crippen molar-refractivity contribution in [3.05, 3.63) is 66.2 Å². The van der Waals surface area contributed by atoms with Crippen LogP contribution in [0.15, 0.2) is 54.9 Å². The molecule has 4 aromatic rings. The van der Waals surface area contributed by atoms with Crippen LogP contribution >= 0.6 is 0 Å². The van der Waals surface area contributed by atoms with Crippen molar-refractivity contribution in [3.63, 3.8) is 0 Å². The molecule has 1 atom stereocenters. The van der Waals surface area contributed by atoms with Crippen LogP contribution in [0.3, 0.4) is 0 Å². The number of methoxy groups -OCH3 is 1. The van der Waals surface area contributed by atoms with Crippen LogP contribution in [0.2, 0.25) is 0 Å². The minimum Gasteiger partial charge on any atom is -0.496 e. The summed E-state index contributed by atoms with van der Waals surface area (Å²) in [5, 5.41) is 4.00. The largest absolute Gasteiger partial charge is 0.496 e. The number of amides is 1. The highest BCUT2D eigenvalue weighted by molar-refractivity contribution is 6.02. The van der Waals surface area contributed by atoms with E-state index in [1.807, 2.05) is 36.5 Å². The van der Waals surface area contributed by atoms with Gasteiger partial charge in [-0.15, -0.1) is 0 Å². The number of H-pyrrole nitrogens is 1. The number of pyridine rings is 1. The zero-order valence-corrected chi connectivity index (χ0v) is 20.6. The van der Waals surface area contributed by atoms with Gasteiger partial charge in [-0.3, -0.25) is 4.79 Å². The topological polar surface area (TPSA) is 79.5 Å². The van der Waals surface area contributed by atoms with Crippen LogP contribution in [-0.4, -0.2) is 61.2 Å². The van der Waals surface area contributed by atoms with Crippen LogP contribution in [0.5, 0.6) is 5.75 Å². The third-order valence-electron chi connectivity index (χ3n) is 6.52. The molecule has 0 spiro atoms. The number of hydrogen-bond donors (Lipinski definition) is 2. The number of aromatic amines is 1. The third kappa shape index (κ3) is 4.52. The minimum atomic E-state index is -0.491. The van der Waals surface area contributed by atoms with Gasteiger partial charge in [-0.25, -0.2) is 9.37 Å². The molecule has 1 unspecified atom stereocenters. The monoisotopic (exact) mass is 488 g/mol. The summed E-state index contributed by atoms with van der Waals surface area (Å²) in [7, 11) is 4.95. The van der Waals surface area contributed by atoms with E-state index >= 15 is 4.39 Å². The number of benzene rings is 2. The summed E-state index contributed by atoms with van der Waals surface area (Å²) in [6.07, 6.45) is 5.49. The first-order chi connectivity index (χ1) is 17.5. The third-order valence-corrected chi connectivity index (χ3v) is 6.52. The van der Waals surface area contributed by atoms with Gasteiger partial charge in [-0.05, 0) is 42.7 Å². The molecule has 0 bridgehead atoms. The first kappa shape index (κ1) is 23.8. The molecule has 186 valence electrons. The van der Waals surface area contributed by atoms with E-state index in [0.29, 0.717) is 29.9 Å². The first-order valence-corrected chi connectivity index (χ1v) is 12.0. The zero-order chi connectivity index (χ0) is 25.2. The minimum absolute atomic E-state index is 0.0139. The predicted octanol–water partition coefficient (Wildman–Crippen LogP) is 5.34. The average molecular weight is 489 g/mol. The van der Waals surface area contributed by atoms with Gasteiger partial charge in [0.25, 0.3) is 5.91 Å². The van der Waals surface area contributed by atoms with E-state index in [9.17, 15) is 4.79 Å². The number of nitrogens with one attached hydrogen (secondary N) is 2. The maximum Gasteiger partial charge on any atom is 0.255 e. The Morgan fingerprint density at radius 3 is 2.81 bits per heavy atom. The Hall–Kier alpha value is -3.91. The number of carbonyl (C=O) groups is 1. The van der Waals surface area contributed by atoms with Crippen LogP contribution in [0.1, 0.15) is 23.2 Å². The van der Waals surface area contributed by atoms with Crippen LogP contribution in [0.25, 0.3) is 33.3 Å². The van der Waals surface area contributed by atoms with E-state index in [2.05, 4.69) is 15.3 Å². The first-order valence-electron chi connectivity index (χ1n) is 12.0. The van der Waals surface area contributed by atoms with Gasteiger partial charge in [0, 0.05) is 61.7 Å². The quantitative estimate of drug-likeness (QED) is 0.367. The molecule has 36 heavy (non-hydrogen) atoms. The van der Waals surface area contributed by atoms with E-state index in [-0.39, 0.29) is 23.3 Å². The molecule has 1 saturated heterocycles. The number of hydrogen-bond acceptors (Lipinski definition) is 5. The number of para-hydroxylation sites is 1. The van der Waals surface area contributed by atoms with Gasteiger partial charge in [0.05, 0.1) is 24.5 Å². The Labute approximate surface area is 209 Å². The molecule has 7 nitrogen and oxygen atoms in total. The van der Waals surface area contributed by atoms with Gasteiger partial charge in [0.15, 0.2) is 0 Å². The lowest BCUT2D eigenvalue weighted by Gasteiger charge is -2.19. The van der Waals surface area contributed by atoms with Crippen molar-refractivity contribution < 1.29 is 18.7 Å². The number of carbonyl (C=O) groups excluding carboxylic acids is 1. The molecule has 1 amide bonds. The highest BCUT2D eigenvalue weighted by Crippen LogP contribution is 2.37. The van der Waals surface area contributed by atoms with Gasteiger partial charge in [0.1, 0.15) is 17.2 Å². The Bertz CT molecular complexity index is 1410. The fourth-order valence-electron chi connectivity index (χ4n) is 4.64. The molecule has 1 aliphatic rings. The second kappa shape index (κ2) is 9.99. The van der Waals surface area contributed by atoms with Crippen LogP contribution in [-0.2, 0) is 4.74 Å². The maximum atomic E-state index is 15.5. The Morgan fingerprint density at radius 1 is 1.22 bits per heavy atom. The van der Waals surface area contributed by atoms with Gasteiger partial charge in [-0.1, -0.05) is 18.2 Å². The van der Waals surface area contributed by atoms with Crippen LogP contribution < -0.4 is 10.1 Å². The summed E-state index contributed by atoms with van der Waals surface area (Å²) in [6.45, 7) is 1.16. The Kier molecular flexibility index (Phi) is 6.61. The molecule has 8 heteroatoms. The van der Waals surface area contributed by atoms with Crippen LogP contribution in [0, 0.1) is 5.82 Å². The smallest absolute Gasteiger partial charge is 0.255 e. The highest BCUT2D eigenvalue weighted by Gasteiger charge is 2.22. The molecular formula is C28H29FN4O3. The number of nitrogens with zero attached hydrogens (tertiary/aromatic N) is 2. The summed E-state index contributed by atoms with van der Waals surface area (Å²) in [6, 6.07) is 12.9. The molecule has 2 aromatic heterocycles. The van der Waals surface area contributed by atoms with Gasteiger partial charge < -0.3 is 24.7 Å². The fraction of sp³-hybridized carbons (Fsp3) is 0.286. The van der Waals surface area contributed by atoms with Crippen molar-refractivity contribution >= 4 is 22.6 Å².